The number of hydrogen-bond acceptors (Lipinski definition) is 3. The molecule has 5 heteroatoms. The van der Waals surface area contributed by atoms with Crippen LogP contribution in [0.4, 0.5) is 4.79 Å². The van der Waals surface area contributed by atoms with Crippen LogP contribution >= 0.6 is 0 Å². The Balaban J connectivity index is 2.76. The van der Waals surface area contributed by atoms with Crippen LogP contribution in [0.2, 0.25) is 0 Å². The van der Waals surface area contributed by atoms with Crippen molar-refractivity contribution >= 4 is 12.0 Å². The van der Waals surface area contributed by atoms with Crippen LogP contribution in [0.3, 0.4) is 0 Å². The van der Waals surface area contributed by atoms with E-state index >= 15 is 0 Å². The first-order valence-corrected chi connectivity index (χ1v) is 6.43. The van der Waals surface area contributed by atoms with Gasteiger partial charge in [-0.25, -0.2) is 4.79 Å². The number of rotatable bonds is 1. The molecule has 5 nitrogen and oxygen atoms in total. The molecule has 0 saturated carbocycles. The molecule has 0 spiro atoms. The van der Waals surface area contributed by atoms with Gasteiger partial charge >= 0.3 is 6.09 Å². The first-order valence-electron chi connectivity index (χ1n) is 6.43. The molecule has 0 aliphatic carbocycles. The summed E-state index contributed by atoms with van der Waals surface area (Å²) in [7, 11) is 3.43. The molecule has 1 aliphatic heterocycles. The molecule has 1 rings (SSSR count). The fourth-order valence-corrected chi connectivity index (χ4v) is 2.03. The van der Waals surface area contributed by atoms with Gasteiger partial charge in [0, 0.05) is 20.6 Å². The number of ether oxygens (including phenoxy) is 1. The minimum absolute atomic E-state index is 0.0273. The lowest BCUT2D eigenvalue weighted by atomic mass is 10.0. The van der Waals surface area contributed by atoms with Gasteiger partial charge in [0.1, 0.15) is 11.6 Å². The molecule has 1 fully saturated rings. The van der Waals surface area contributed by atoms with Gasteiger partial charge in [0.05, 0.1) is 0 Å². The second kappa shape index (κ2) is 5.59. The Kier molecular flexibility index (Phi) is 4.59. The minimum Gasteiger partial charge on any atom is -0.444 e. The van der Waals surface area contributed by atoms with Gasteiger partial charge in [0.15, 0.2) is 0 Å². The van der Waals surface area contributed by atoms with E-state index in [1.807, 2.05) is 20.8 Å². The van der Waals surface area contributed by atoms with Crippen LogP contribution in [0.25, 0.3) is 0 Å². The summed E-state index contributed by atoms with van der Waals surface area (Å²) in [6, 6.07) is -0.372. The molecular weight excluding hydrogens is 232 g/mol. The van der Waals surface area contributed by atoms with Crippen molar-refractivity contribution in [3.63, 3.8) is 0 Å². The molecule has 18 heavy (non-hydrogen) atoms. The molecule has 0 N–H and O–H groups in total. The van der Waals surface area contributed by atoms with Crippen molar-refractivity contribution in [1.82, 2.24) is 9.80 Å². The number of nitrogens with zero attached hydrogens (tertiary/aromatic N) is 2. The maximum atomic E-state index is 12.1. The third-order valence-corrected chi connectivity index (χ3v) is 2.86. The maximum absolute atomic E-state index is 12.1. The quantitative estimate of drug-likeness (QED) is 0.719. The molecule has 0 bridgehead atoms. The Morgan fingerprint density at radius 1 is 1.22 bits per heavy atom. The zero-order chi connectivity index (χ0) is 13.9. The van der Waals surface area contributed by atoms with Crippen LogP contribution in [0.5, 0.6) is 0 Å². The highest BCUT2D eigenvalue weighted by atomic mass is 16.6. The predicted molar refractivity (Wildman–Crippen MR) is 69.3 cm³/mol. The molecule has 1 heterocycles. The van der Waals surface area contributed by atoms with Crippen LogP contribution < -0.4 is 0 Å². The summed E-state index contributed by atoms with van der Waals surface area (Å²) in [5, 5.41) is 0. The fraction of sp³-hybridized carbons (Fsp3) is 0.846. The number of piperidine rings is 1. The molecular formula is C13H24N2O3. The smallest absolute Gasteiger partial charge is 0.410 e. The third-order valence-electron chi connectivity index (χ3n) is 2.86. The number of carbonyl (C=O) groups excluding carboxylic acids is 2. The Bertz CT molecular complexity index is 321. The molecule has 104 valence electrons. The van der Waals surface area contributed by atoms with Crippen molar-refractivity contribution in [1.29, 1.82) is 0 Å². The summed E-state index contributed by atoms with van der Waals surface area (Å²) in [5.41, 5.74) is -0.528. The summed E-state index contributed by atoms with van der Waals surface area (Å²) >= 11 is 0. The topological polar surface area (TPSA) is 49.9 Å². The number of likely N-dealkylation sites (tertiary alicyclic amines) is 1. The van der Waals surface area contributed by atoms with E-state index < -0.39 is 5.60 Å². The van der Waals surface area contributed by atoms with Gasteiger partial charge < -0.3 is 9.64 Å². The Morgan fingerprint density at radius 2 is 1.83 bits per heavy atom. The molecule has 0 aromatic heterocycles. The summed E-state index contributed by atoms with van der Waals surface area (Å²) in [6.07, 6.45) is 2.23. The van der Waals surface area contributed by atoms with Crippen LogP contribution in [-0.2, 0) is 9.53 Å². The van der Waals surface area contributed by atoms with E-state index in [0.717, 1.165) is 19.3 Å². The molecule has 2 amide bonds. The van der Waals surface area contributed by atoms with E-state index in [2.05, 4.69) is 0 Å². The molecule has 1 atom stereocenters. The molecule has 0 radical (unpaired) electrons. The van der Waals surface area contributed by atoms with E-state index in [9.17, 15) is 9.59 Å². The summed E-state index contributed by atoms with van der Waals surface area (Å²) in [5.74, 6) is -0.0273. The highest BCUT2D eigenvalue weighted by Crippen LogP contribution is 2.21. The number of amides is 2. The SMILES string of the molecule is CN(C)C(=O)[C@H]1CCCCN1C(=O)OC(C)(C)C. The van der Waals surface area contributed by atoms with Crippen molar-refractivity contribution in [2.45, 2.75) is 51.7 Å². The normalized spacial score (nSPS) is 20.5. The first kappa shape index (κ1) is 14.8. The highest BCUT2D eigenvalue weighted by Gasteiger charge is 2.35. The van der Waals surface area contributed by atoms with Crippen molar-refractivity contribution < 1.29 is 14.3 Å². The zero-order valence-corrected chi connectivity index (χ0v) is 12.0. The minimum atomic E-state index is -0.528. The van der Waals surface area contributed by atoms with Crippen molar-refractivity contribution in [3.8, 4) is 0 Å². The van der Waals surface area contributed by atoms with Crippen LogP contribution in [0.15, 0.2) is 0 Å². The molecule has 0 aromatic rings. The van der Waals surface area contributed by atoms with Crippen molar-refractivity contribution in [3.05, 3.63) is 0 Å². The van der Waals surface area contributed by atoms with Crippen LogP contribution in [0, 0.1) is 0 Å². The Morgan fingerprint density at radius 3 is 2.33 bits per heavy atom. The lowest BCUT2D eigenvalue weighted by molar-refractivity contribution is -0.135. The largest absolute Gasteiger partial charge is 0.444 e. The summed E-state index contributed by atoms with van der Waals surface area (Å²) in [4.78, 5) is 27.2. The monoisotopic (exact) mass is 256 g/mol. The molecule has 1 saturated heterocycles. The second-order valence-electron chi connectivity index (χ2n) is 5.92. The van der Waals surface area contributed by atoms with E-state index in [0.29, 0.717) is 6.54 Å². The Hall–Kier alpha value is -1.26. The van der Waals surface area contributed by atoms with Crippen molar-refractivity contribution in [2.24, 2.45) is 0 Å². The van der Waals surface area contributed by atoms with Gasteiger partial charge in [-0.15, -0.1) is 0 Å². The van der Waals surface area contributed by atoms with E-state index in [4.69, 9.17) is 4.74 Å². The van der Waals surface area contributed by atoms with E-state index in [1.165, 1.54) is 4.90 Å². The standard InChI is InChI=1S/C13H24N2O3/c1-13(2,3)18-12(17)15-9-7-6-8-10(15)11(16)14(4)5/h10H,6-9H2,1-5H3/t10-/m1/s1. The van der Waals surface area contributed by atoms with Gasteiger partial charge in [-0.2, -0.15) is 0 Å². The lowest BCUT2D eigenvalue weighted by Gasteiger charge is -2.36. The van der Waals surface area contributed by atoms with Gasteiger partial charge in [0.2, 0.25) is 5.91 Å². The third kappa shape index (κ3) is 3.89. The maximum Gasteiger partial charge on any atom is 0.410 e. The van der Waals surface area contributed by atoms with Gasteiger partial charge in [-0.05, 0) is 40.0 Å². The molecule has 0 aromatic carbocycles. The summed E-state index contributed by atoms with van der Waals surface area (Å²) in [6.45, 7) is 6.09. The zero-order valence-electron chi connectivity index (χ0n) is 12.0. The fourth-order valence-electron chi connectivity index (χ4n) is 2.03. The summed E-state index contributed by atoms with van der Waals surface area (Å²) < 4.78 is 5.35. The van der Waals surface area contributed by atoms with Crippen molar-refractivity contribution in [2.75, 3.05) is 20.6 Å². The molecule has 1 aliphatic rings. The second-order valence-corrected chi connectivity index (χ2v) is 5.92. The van der Waals surface area contributed by atoms with Gasteiger partial charge in [-0.1, -0.05) is 0 Å². The average Bonchev–Trinajstić information content (AvgIpc) is 2.25. The number of likely N-dealkylation sites (N-methyl/N-ethyl adjacent to an activating group) is 1. The number of carbonyl (C=O) groups is 2. The number of hydrogen-bond donors (Lipinski definition) is 0. The van der Waals surface area contributed by atoms with E-state index in [-0.39, 0.29) is 18.0 Å². The highest BCUT2D eigenvalue weighted by molar-refractivity contribution is 5.85. The van der Waals surface area contributed by atoms with E-state index in [1.54, 1.807) is 19.0 Å². The Labute approximate surface area is 109 Å². The van der Waals surface area contributed by atoms with Gasteiger partial charge in [-0.3, -0.25) is 9.69 Å². The van der Waals surface area contributed by atoms with Crippen LogP contribution in [0.1, 0.15) is 40.0 Å². The predicted octanol–water partition coefficient (Wildman–Crippen LogP) is 1.86. The van der Waals surface area contributed by atoms with Crippen LogP contribution in [-0.4, -0.2) is 54.1 Å². The lowest BCUT2D eigenvalue weighted by Crippen LogP contribution is -2.52. The van der Waals surface area contributed by atoms with Gasteiger partial charge in [0.25, 0.3) is 0 Å². The molecule has 0 unspecified atom stereocenters. The average molecular weight is 256 g/mol. The first-order chi connectivity index (χ1) is 8.22.